The molecule has 0 bridgehead atoms. The van der Waals surface area contributed by atoms with Crippen molar-refractivity contribution in [2.75, 3.05) is 49.1 Å². The number of benzene rings is 1. The third-order valence-corrected chi connectivity index (χ3v) is 4.58. The molecule has 25 heavy (non-hydrogen) atoms. The summed E-state index contributed by atoms with van der Waals surface area (Å²) < 4.78 is 5.47. The van der Waals surface area contributed by atoms with Gasteiger partial charge in [-0.25, -0.2) is 4.79 Å². The monoisotopic (exact) mass is 347 g/mol. The number of aryl methyl sites for hydroxylation is 1. The van der Waals surface area contributed by atoms with Crippen LogP contribution in [0.15, 0.2) is 18.2 Å². The van der Waals surface area contributed by atoms with Gasteiger partial charge in [0.1, 0.15) is 5.60 Å². The number of nitrogens with zero attached hydrogens (tertiary/aromatic N) is 3. The van der Waals surface area contributed by atoms with Gasteiger partial charge in [0.05, 0.1) is 0 Å². The number of rotatable bonds is 4. The lowest BCUT2D eigenvalue weighted by atomic mass is 10.1. The molecule has 5 nitrogen and oxygen atoms in total. The van der Waals surface area contributed by atoms with Crippen LogP contribution in [0.5, 0.6) is 0 Å². The zero-order valence-corrected chi connectivity index (χ0v) is 16.6. The molecule has 0 spiro atoms. The number of hydrogen-bond donors (Lipinski definition) is 0. The van der Waals surface area contributed by atoms with E-state index in [1.807, 2.05) is 20.8 Å². The molecular weight excluding hydrogens is 314 g/mol. The highest BCUT2D eigenvalue weighted by Gasteiger charge is 2.26. The Balaban J connectivity index is 2.00. The molecule has 0 saturated carbocycles. The van der Waals surface area contributed by atoms with Crippen molar-refractivity contribution >= 4 is 17.5 Å². The van der Waals surface area contributed by atoms with E-state index in [1.165, 1.54) is 16.9 Å². The summed E-state index contributed by atoms with van der Waals surface area (Å²) in [6.45, 7) is 17.4. The lowest BCUT2D eigenvalue weighted by molar-refractivity contribution is 0.0240. The first-order valence-electron chi connectivity index (χ1n) is 9.33. The summed E-state index contributed by atoms with van der Waals surface area (Å²) in [5, 5.41) is 0. The molecule has 1 heterocycles. The zero-order chi connectivity index (χ0) is 18.6. The van der Waals surface area contributed by atoms with Crippen LogP contribution in [-0.4, -0.2) is 55.9 Å². The van der Waals surface area contributed by atoms with Crippen molar-refractivity contribution in [3.05, 3.63) is 23.8 Å². The molecule has 0 radical (unpaired) electrons. The van der Waals surface area contributed by atoms with E-state index in [9.17, 15) is 4.79 Å². The molecule has 5 heteroatoms. The van der Waals surface area contributed by atoms with Gasteiger partial charge in [-0.2, -0.15) is 0 Å². The minimum Gasteiger partial charge on any atom is -0.444 e. The number of anilines is 2. The van der Waals surface area contributed by atoms with Gasteiger partial charge in [-0.15, -0.1) is 0 Å². The Morgan fingerprint density at radius 1 is 1.12 bits per heavy atom. The van der Waals surface area contributed by atoms with E-state index in [4.69, 9.17) is 4.74 Å². The molecule has 0 unspecified atom stereocenters. The van der Waals surface area contributed by atoms with Crippen LogP contribution in [0.3, 0.4) is 0 Å². The maximum Gasteiger partial charge on any atom is 0.410 e. The maximum absolute atomic E-state index is 12.2. The van der Waals surface area contributed by atoms with Crippen molar-refractivity contribution in [3.8, 4) is 0 Å². The van der Waals surface area contributed by atoms with E-state index < -0.39 is 5.60 Å². The average Bonchev–Trinajstić information content (AvgIpc) is 2.55. The Morgan fingerprint density at radius 3 is 2.20 bits per heavy atom. The van der Waals surface area contributed by atoms with Gasteiger partial charge in [0.2, 0.25) is 0 Å². The fourth-order valence-corrected chi connectivity index (χ4v) is 3.24. The van der Waals surface area contributed by atoms with Crippen LogP contribution in [-0.2, 0) is 4.74 Å². The van der Waals surface area contributed by atoms with Gasteiger partial charge in [-0.1, -0.05) is 0 Å². The minimum absolute atomic E-state index is 0.208. The molecule has 1 aliphatic heterocycles. The lowest BCUT2D eigenvalue weighted by Crippen LogP contribution is -2.50. The minimum atomic E-state index is -0.439. The summed E-state index contributed by atoms with van der Waals surface area (Å²) in [4.78, 5) is 18.7. The number of carbonyl (C=O) groups excluding carboxylic acids is 1. The number of carbonyl (C=O) groups is 1. The molecular formula is C20H33N3O2. The second-order valence-electron chi connectivity index (χ2n) is 7.60. The van der Waals surface area contributed by atoms with Crippen molar-refractivity contribution in [1.82, 2.24) is 4.90 Å². The Morgan fingerprint density at radius 2 is 1.72 bits per heavy atom. The molecule has 1 aliphatic rings. The number of piperazine rings is 1. The molecule has 0 aliphatic carbocycles. The Bertz CT molecular complexity index is 583. The molecule has 1 saturated heterocycles. The van der Waals surface area contributed by atoms with Gasteiger partial charge in [0, 0.05) is 50.6 Å². The Hall–Kier alpha value is -1.91. The molecule has 1 fully saturated rings. The van der Waals surface area contributed by atoms with Gasteiger partial charge in [0.15, 0.2) is 0 Å². The van der Waals surface area contributed by atoms with Crippen LogP contribution in [0.1, 0.15) is 40.2 Å². The molecule has 1 aromatic rings. The first kappa shape index (κ1) is 19.4. The van der Waals surface area contributed by atoms with Crippen LogP contribution >= 0.6 is 0 Å². The van der Waals surface area contributed by atoms with Crippen molar-refractivity contribution < 1.29 is 9.53 Å². The maximum atomic E-state index is 12.2. The predicted molar refractivity (Wildman–Crippen MR) is 105 cm³/mol. The fraction of sp³-hybridized carbons (Fsp3) is 0.650. The van der Waals surface area contributed by atoms with Crippen LogP contribution in [0.4, 0.5) is 16.2 Å². The second-order valence-corrected chi connectivity index (χ2v) is 7.60. The van der Waals surface area contributed by atoms with E-state index in [2.05, 4.69) is 48.8 Å². The van der Waals surface area contributed by atoms with E-state index >= 15 is 0 Å². The number of amides is 1. The highest BCUT2D eigenvalue weighted by atomic mass is 16.6. The molecule has 1 aromatic carbocycles. The number of hydrogen-bond acceptors (Lipinski definition) is 4. The molecule has 0 atom stereocenters. The smallest absolute Gasteiger partial charge is 0.410 e. The summed E-state index contributed by atoms with van der Waals surface area (Å²) in [6, 6.07) is 6.68. The van der Waals surface area contributed by atoms with Gasteiger partial charge in [0.25, 0.3) is 0 Å². The summed E-state index contributed by atoms with van der Waals surface area (Å²) in [5.41, 5.74) is 3.39. The third kappa shape index (κ3) is 5.03. The normalized spacial score (nSPS) is 15.3. The second kappa shape index (κ2) is 7.98. The van der Waals surface area contributed by atoms with Crippen molar-refractivity contribution in [2.45, 2.75) is 47.1 Å². The molecule has 0 aromatic heterocycles. The Labute approximate surface area is 152 Å². The summed E-state index contributed by atoms with van der Waals surface area (Å²) in [6.07, 6.45) is -0.208. The highest BCUT2D eigenvalue weighted by molar-refractivity contribution is 5.69. The van der Waals surface area contributed by atoms with E-state index in [-0.39, 0.29) is 6.09 Å². The summed E-state index contributed by atoms with van der Waals surface area (Å²) >= 11 is 0. The highest BCUT2D eigenvalue weighted by Crippen LogP contribution is 2.27. The SMILES string of the molecule is CCN(CC)c1ccc(N2CCN(C(=O)OC(C)(C)C)CC2)c(C)c1. The topological polar surface area (TPSA) is 36.0 Å². The van der Waals surface area contributed by atoms with Gasteiger partial charge < -0.3 is 19.4 Å². The van der Waals surface area contributed by atoms with E-state index in [0.717, 1.165) is 26.2 Å². The van der Waals surface area contributed by atoms with Crippen molar-refractivity contribution in [2.24, 2.45) is 0 Å². The fourth-order valence-electron chi connectivity index (χ4n) is 3.24. The van der Waals surface area contributed by atoms with Crippen LogP contribution < -0.4 is 9.80 Å². The first-order chi connectivity index (χ1) is 11.7. The van der Waals surface area contributed by atoms with E-state index in [0.29, 0.717) is 13.1 Å². The van der Waals surface area contributed by atoms with Crippen LogP contribution in [0.2, 0.25) is 0 Å². The van der Waals surface area contributed by atoms with Gasteiger partial charge >= 0.3 is 6.09 Å². The Kier molecular flexibility index (Phi) is 6.20. The molecule has 140 valence electrons. The molecule has 0 N–H and O–H groups in total. The van der Waals surface area contributed by atoms with Crippen molar-refractivity contribution in [1.29, 1.82) is 0 Å². The van der Waals surface area contributed by atoms with Crippen LogP contribution in [0, 0.1) is 6.92 Å². The summed E-state index contributed by atoms with van der Waals surface area (Å²) in [5.74, 6) is 0. The van der Waals surface area contributed by atoms with Gasteiger partial charge in [-0.05, 0) is 65.3 Å². The quantitative estimate of drug-likeness (QED) is 0.828. The third-order valence-electron chi connectivity index (χ3n) is 4.58. The number of ether oxygens (including phenoxy) is 1. The predicted octanol–water partition coefficient (Wildman–Crippen LogP) is 3.90. The van der Waals surface area contributed by atoms with Gasteiger partial charge in [-0.3, -0.25) is 0 Å². The summed E-state index contributed by atoms with van der Waals surface area (Å²) in [7, 11) is 0. The molecule has 1 amide bonds. The average molecular weight is 348 g/mol. The first-order valence-corrected chi connectivity index (χ1v) is 9.33. The standard InChI is InChI=1S/C20H33N3O2/c1-7-21(8-2)17-9-10-18(16(3)15-17)22-11-13-23(14-12-22)19(24)25-20(4,5)6/h9-10,15H,7-8,11-14H2,1-6H3. The van der Waals surface area contributed by atoms with E-state index in [1.54, 1.807) is 4.90 Å². The van der Waals surface area contributed by atoms with Crippen molar-refractivity contribution in [3.63, 3.8) is 0 Å². The molecule has 2 rings (SSSR count). The van der Waals surface area contributed by atoms with Crippen LogP contribution in [0.25, 0.3) is 0 Å². The largest absolute Gasteiger partial charge is 0.444 e. The lowest BCUT2D eigenvalue weighted by Gasteiger charge is -2.37. The zero-order valence-electron chi connectivity index (χ0n) is 16.6.